The Hall–Kier alpha value is -5.10. The molecule has 1 aliphatic heterocycles. The molecular formula is C24H17N3O12S2. The van der Waals surface area contributed by atoms with E-state index in [1.807, 2.05) is 0 Å². The van der Waals surface area contributed by atoms with Crippen molar-refractivity contribution in [3.8, 4) is 11.6 Å². The molecule has 0 unspecified atom stereocenters. The molecule has 1 aromatic heterocycles. The van der Waals surface area contributed by atoms with Gasteiger partial charge in [-0.25, -0.2) is 9.59 Å². The number of amides is 1. The molecular weight excluding hydrogens is 586 g/mol. The summed E-state index contributed by atoms with van der Waals surface area (Å²) in [6.45, 7) is 0. The van der Waals surface area contributed by atoms with E-state index in [1.165, 1.54) is 12.1 Å². The highest BCUT2D eigenvalue weighted by Gasteiger charge is 2.35. The zero-order valence-corrected chi connectivity index (χ0v) is 21.8. The van der Waals surface area contributed by atoms with E-state index in [-0.39, 0.29) is 16.9 Å². The summed E-state index contributed by atoms with van der Waals surface area (Å²) in [7, 11) is -9.01. The molecule has 5 N–H and O–H groups in total. The Balaban J connectivity index is 1.69. The second-order valence-electron chi connectivity index (χ2n) is 8.20. The fourth-order valence-corrected chi connectivity index (χ4v) is 4.68. The van der Waals surface area contributed by atoms with Crippen LogP contribution in [0.3, 0.4) is 0 Å². The molecule has 4 rings (SSSR count). The number of carboxylic acids is 2. The maximum atomic E-state index is 12.9. The third-order valence-electron chi connectivity index (χ3n) is 5.65. The number of benzene rings is 2. The van der Waals surface area contributed by atoms with Gasteiger partial charge in [0.2, 0.25) is 5.88 Å². The number of carbonyl (C=O) groups excluding carboxylic acids is 1. The summed E-state index contributed by atoms with van der Waals surface area (Å²) in [6.07, 6.45) is 4.25. The van der Waals surface area contributed by atoms with Crippen LogP contribution >= 0.6 is 0 Å². The van der Waals surface area contributed by atoms with Gasteiger partial charge in [-0.15, -0.1) is 0 Å². The Morgan fingerprint density at radius 3 is 1.78 bits per heavy atom. The van der Waals surface area contributed by atoms with Crippen LogP contribution in [-0.4, -0.2) is 69.4 Å². The number of carboxylic acid groups (broad SMARTS) is 2. The third-order valence-corrected chi connectivity index (χ3v) is 7.38. The predicted molar refractivity (Wildman–Crippen MR) is 140 cm³/mol. The van der Waals surface area contributed by atoms with Gasteiger partial charge in [-0.1, -0.05) is 6.08 Å². The molecule has 0 bridgehead atoms. The molecule has 0 radical (unpaired) electrons. The van der Waals surface area contributed by atoms with Gasteiger partial charge >= 0.3 is 11.9 Å². The minimum atomic E-state index is -4.52. The molecule has 17 heteroatoms. The number of aromatic nitrogens is 1. The zero-order valence-electron chi connectivity index (χ0n) is 20.2. The second kappa shape index (κ2) is 10.5. The Bertz CT molecular complexity index is 1900. The standard InChI is InChI=1S/C24H17N3O12S2/c28-21-17(19(23(30)31)12-26(21)13-4-8-15(9-5-13)40(34,35)36)2-1-3-18-20(24(32)33)25-27(22(18)29)14-6-10-16(11-7-14)41(37,38)39/h1-12,28H,(H,30,31)(H,32,33)(H,34,35,36)(H,37,38,39)/b2-1?,18-3-. The summed E-state index contributed by atoms with van der Waals surface area (Å²) in [4.78, 5) is 35.6. The summed E-state index contributed by atoms with van der Waals surface area (Å²) in [6, 6.07) is 8.66. The highest BCUT2D eigenvalue weighted by molar-refractivity contribution is 7.86. The fraction of sp³-hybridized carbons (Fsp3) is 0. The van der Waals surface area contributed by atoms with Crippen molar-refractivity contribution in [3.05, 3.63) is 83.6 Å². The maximum absolute atomic E-state index is 12.9. The smallest absolute Gasteiger partial charge is 0.357 e. The van der Waals surface area contributed by atoms with E-state index in [2.05, 4.69) is 5.10 Å². The molecule has 0 aliphatic carbocycles. The zero-order chi connectivity index (χ0) is 30.3. The topological polar surface area (TPSA) is 241 Å². The Kier molecular flexibility index (Phi) is 7.38. The first-order chi connectivity index (χ1) is 19.1. The number of hydrogen-bond donors (Lipinski definition) is 5. The van der Waals surface area contributed by atoms with E-state index in [9.17, 15) is 46.5 Å². The van der Waals surface area contributed by atoms with Crippen LogP contribution < -0.4 is 5.01 Å². The predicted octanol–water partition coefficient (Wildman–Crippen LogP) is 1.80. The van der Waals surface area contributed by atoms with Gasteiger partial charge in [0.1, 0.15) is 0 Å². The monoisotopic (exact) mass is 603 g/mol. The lowest BCUT2D eigenvalue weighted by atomic mass is 10.1. The van der Waals surface area contributed by atoms with Crippen LogP contribution in [0.1, 0.15) is 15.9 Å². The van der Waals surface area contributed by atoms with E-state index < -0.39 is 70.6 Å². The molecule has 2 heterocycles. The lowest BCUT2D eigenvalue weighted by molar-refractivity contribution is -0.129. The summed E-state index contributed by atoms with van der Waals surface area (Å²) >= 11 is 0. The summed E-state index contributed by atoms with van der Waals surface area (Å²) in [5.74, 6) is -4.55. The van der Waals surface area contributed by atoms with Gasteiger partial charge in [0.15, 0.2) is 5.71 Å². The number of aromatic carboxylic acids is 1. The number of carbonyl (C=O) groups is 3. The molecule has 15 nitrogen and oxygen atoms in total. The van der Waals surface area contributed by atoms with Crippen LogP contribution in [0.4, 0.5) is 5.69 Å². The summed E-state index contributed by atoms with van der Waals surface area (Å²) in [5.41, 5.74) is -1.64. The maximum Gasteiger partial charge on any atom is 0.357 e. The number of rotatable bonds is 8. The number of hydrogen-bond acceptors (Lipinski definition) is 9. The van der Waals surface area contributed by atoms with Crippen LogP contribution in [0.15, 0.2) is 87.3 Å². The molecule has 0 saturated heterocycles. The average molecular weight is 604 g/mol. The van der Waals surface area contributed by atoms with Crippen molar-refractivity contribution < 1.29 is 55.6 Å². The third kappa shape index (κ3) is 5.77. The molecule has 0 fully saturated rings. The number of anilines is 1. The van der Waals surface area contributed by atoms with Crippen molar-refractivity contribution >= 4 is 55.6 Å². The number of aliphatic carboxylic acids is 1. The molecule has 0 saturated carbocycles. The SMILES string of the molecule is O=C(O)C1=NN(c2ccc(S(=O)(=O)O)cc2)C(=O)/C1=C\C=Cc1c(C(=O)O)cn(-c2ccc(S(=O)(=O)O)cc2)c1O. The first kappa shape index (κ1) is 28.9. The Morgan fingerprint density at radius 2 is 1.32 bits per heavy atom. The molecule has 1 amide bonds. The van der Waals surface area contributed by atoms with Crippen LogP contribution in [-0.2, 0) is 29.8 Å². The second-order valence-corrected chi connectivity index (χ2v) is 11.0. The summed E-state index contributed by atoms with van der Waals surface area (Å²) in [5, 5.41) is 34.3. The van der Waals surface area contributed by atoms with Gasteiger partial charge in [-0.3, -0.25) is 18.5 Å². The van der Waals surface area contributed by atoms with Gasteiger partial charge in [0.25, 0.3) is 26.1 Å². The normalized spacial score (nSPS) is 15.1. The molecule has 41 heavy (non-hydrogen) atoms. The molecule has 1 aliphatic rings. The van der Waals surface area contributed by atoms with Crippen molar-refractivity contribution in [2.45, 2.75) is 9.79 Å². The van der Waals surface area contributed by atoms with Crippen molar-refractivity contribution in [3.63, 3.8) is 0 Å². The number of allylic oxidation sites excluding steroid dienone is 2. The largest absolute Gasteiger partial charge is 0.494 e. The minimum absolute atomic E-state index is 0.0172. The van der Waals surface area contributed by atoms with E-state index in [4.69, 9.17) is 9.11 Å². The van der Waals surface area contributed by atoms with Gasteiger partial charge in [-0.2, -0.15) is 26.9 Å². The number of aromatic hydroxyl groups is 1. The van der Waals surface area contributed by atoms with Crippen molar-refractivity contribution in [2.75, 3.05) is 5.01 Å². The molecule has 3 aromatic rings. The lowest BCUT2D eigenvalue weighted by Gasteiger charge is -2.11. The van der Waals surface area contributed by atoms with E-state index >= 15 is 0 Å². The molecule has 212 valence electrons. The van der Waals surface area contributed by atoms with Gasteiger partial charge in [-0.05, 0) is 60.7 Å². The quantitative estimate of drug-likeness (QED) is 0.183. The van der Waals surface area contributed by atoms with E-state index in [0.29, 0.717) is 5.01 Å². The van der Waals surface area contributed by atoms with Crippen molar-refractivity contribution in [1.82, 2.24) is 4.57 Å². The average Bonchev–Trinajstić information content (AvgIpc) is 3.40. The van der Waals surface area contributed by atoms with Crippen LogP contribution in [0.25, 0.3) is 11.8 Å². The van der Waals surface area contributed by atoms with Crippen LogP contribution in [0, 0.1) is 0 Å². The molecule has 0 spiro atoms. The number of hydrazone groups is 1. The Labute approximate surface area is 230 Å². The van der Waals surface area contributed by atoms with Gasteiger partial charge < -0.3 is 15.3 Å². The fourth-order valence-electron chi connectivity index (χ4n) is 3.72. The molecule has 0 atom stereocenters. The first-order valence-corrected chi connectivity index (χ1v) is 13.9. The Morgan fingerprint density at radius 1 is 0.805 bits per heavy atom. The van der Waals surface area contributed by atoms with Gasteiger partial charge in [0.05, 0.1) is 32.2 Å². The highest BCUT2D eigenvalue weighted by Crippen LogP contribution is 2.30. The van der Waals surface area contributed by atoms with E-state index in [1.54, 1.807) is 0 Å². The van der Waals surface area contributed by atoms with Crippen molar-refractivity contribution in [1.29, 1.82) is 0 Å². The van der Waals surface area contributed by atoms with E-state index in [0.717, 1.165) is 65.4 Å². The minimum Gasteiger partial charge on any atom is -0.494 e. The molecule has 2 aromatic carbocycles. The first-order valence-electron chi connectivity index (χ1n) is 11.0. The van der Waals surface area contributed by atoms with Gasteiger partial charge in [0, 0.05) is 11.9 Å². The highest BCUT2D eigenvalue weighted by atomic mass is 32.2. The van der Waals surface area contributed by atoms with Crippen molar-refractivity contribution in [2.24, 2.45) is 5.10 Å². The lowest BCUT2D eigenvalue weighted by Crippen LogP contribution is -2.22. The van der Waals surface area contributed by atoms with Crippen LogP contribution in [0.2, 0.25) is 0 Å². The van der Waals surface area contributed by atoms with Crippen LogP contribution in [0.5, 0.6) is 5.88 Å². The number of nitrogens with zero attached hydrogens (tertiary/aromatic N) is 3. The summed E-state index contributed by atoms with van der Waals surface area (Å²) < 4.78 is 64.3.